The Bertz CT molecular complexity index is 221. The van der Waals surface area contributed by atoms with Crippen molar-refractivity contribution in [3.05, 3.63) is 24.2 Å². The van der Waals surface area contributed by atoms with Crippen LogP contribution in [0.15, 0.2) is 22.8 Å². The van der Waals surface area contributed by atoms with E-state index in [0.717, 1.165) is 31.8 Å². The van der Waals surface area contributed by atoms with E-state index in [1.165, 1.54) is 0 Å². The van der Waals surface area contributed by atoms with Crippen LogP contribution < -0.4 is 5.32 Å². The Morgan fingerprint density at radius 1 is 1.57 bits per heavy atom. The fraction of sp³-hybridized carbons (Fsp3) is 0.636. The maximum absolute atomic E-state index is 5.26. The summed E-state index contributed by atoms with van der Waals surface area (Å²) in [7, 11) is 1.72. The molecule has 1 aromatic rings. The lowest BCUT2D eigenvalue weighted by molar-refractivity contribution is 0.195. The fourth-order valence-corrected chi connectivity index (χ4v) is 1.32. The van der Waals surface area contributed by atoms with Crippen LogP contribution in [0, 0.1) is 0 Å². The van der Waals surface area contributed by atoms with Crippen LogP contribution >= 0.6 is 0 Å². The minimum Gasteiger partial charge on any atom is -0.469 e. The largest absolute Gasteiger partial charge is 0.469 e. The van der Waals surface area contributed by atoms with Crippen molar-refractivity contribution in [3.63, 3.8) is 0 Å². The van der Waals surface area contributed by atoms with Crippen LogP contribution in [0.2, 0.25) is 0 Å². The van der Waals surface area contributed by atoms with Gasteiger partial charge < -0.3 is 14.5 Å². The zero-order valence-corrected chi connectivity index (χ0v) is 8.95. The van der Waals surface area contributed by atoms with Gasteiger partial charge in [-0.3, -0.25) is 0 Å². The molecule has 0 saturated carbocycles. The van der Waals surface area contributed by atoms with Crippen LogP contribution in [0.25, 0.3) is 0 Å². The third-order valence-electron chi connectivity index (χ3n) is 2.20. The summed E-state index contributed by atoms with van der Waals surface area (Å²) in [6.07, 6.45) is 3.81. The molecule has 0 amide bonds. The first-order valence-corrected chi connectivity index (χ1v) is 5.07. The van der Waals surface area contributed by atoms with Crippen molar-refractivity contribution in [1.29, 1.82) is 0 Å². The Hall–Kier alpha value is -0.800. The average Bonchev–Trinajstić information content (AvgIpc) is 2.68. The topological polar surface area (TPSA) is 34.4 Å². The van der Waals surface area contributed by atoms with Crippen molar-refractivity contribution >= 4 is 0 Å². The molecule has 0 fully saturated rings. The van der Waals surface area contributed by atoms with Gasteiger partial charge in [0, 0.05) is 26.1 Å². The van der Waals surface area contributed by atoms with Gasteiger partial charge in [-0.25, -0.2) is 0 Å². The van der Waals surface area contributed by atoms with Crippen LogP contribution in [-0.2, 0) is 11.2 Å². The van der Waals surface area contributed by atoms with Crippen LogP contribution in [0.4, 0.5) is 0 Å². The Labute approximate surface area is 85.4 Å². The second-order valence-electron chi connectivity index (χ2n) is 3.47. The number of aryl methyl sites for hydroxylation is 1. The molecule has 3 heteroatoms. The van der Waals surface area contributed by atoms with Gasteiger partial charge >= 0.3 is 0 Å². The van der Waals surface area contributed by atoms with E-state index in [2.05, 4.69) is 12.2 Å². The highest BCUT2D eigenvalue weighted by atomic mass is 16.5. The predicted octanol–water partition coefficient (Wildman–Crippen LogP) is 1.84. The van der Waals surface area contributed by atoms with E-state index in [9.17, 15) is 0 Å². The SMILES string of the molecule is COCCNC(C)CCc1ccco1. The molecule has 0 spiro atoms. The number of hydrogen-bond donors (Lipinski definition) is 1. The fourth-order valence-electron chi connectivity index (χ4n) is 1.32. The molecule has 0 aliphatic carbocycles. The molecule has 1 atom stereocenters. The van der Waals surface area contributed by atoms with Crippen molar-refractivity contribution in [2.45, 2.75) is 25.8 Å². The molecular formula is C11H19NO2. The molecule has 1 N–H and O–H groups in total. The van der Waals surface area contributed by atoms with Crippen LogP contribution in [0.5, 0.6) is 0 Å². The second-order valence-corrected chi connectivity index (χ2v) is 3.47. The summed E-state index contributed by atoms with van der Waals surface area (Å²) >= 11 is 0. The van der Waals surface area contributed by atoms with Gasteiger partial charge in [0.15, 0.2) is 0 Å². The minimum atomic E-state index is 0.509. The first-order valence-electron chi connectivity index (χ1n) is 5.07. The normalized spacial score (nSPS) is 13.0. The minimum absolute atomic E-state index is 0.509. The van der Waals surface area contributed by atoms with Gasteiger partial charge in [0.1, 0.15) is 5.76 Å². The van der Waals surface area contributed by atoms with Gasteiger partial charge in [-0.1, -0.05) is 0 Å². The number of methoxy groups -OCH3 is 1. The van der Waals surface area contributed by atoms with Gasteiger partial charge in [-0.15, -0.1) is 0 Å². The van der Waals surface area contributed by atoms with Gasteiger partial charge in [-0.2, -0.15) is 0 Å². The summed E-state index contributed by atoms with van der Waals surface area (Å²) in [5, 5.41) is 3.38. The Morgan fingerprint density at radius 2 is 2.43 bits per heavy atom. The van der Waals surface area contributed by atoms with E-state index < -0.39 is 0 Å². The zero-order chi connectivity index (χ0) is 10.2. The van der Waals surface area contributed by atoms with E-state index in [1.54, 1.807) is 13.4 Å². The number of rotatable bonds is 7. The molecule has 1 heterocycles. The summed E-state index contributed by atoms with van der Waals surface area (Å²) in [5.41, 5.74) is 0. The van der Waals surface area contributed by atoms with Crippen molar-refractivity contribution in [1.82, 2.24) is 5.32 Å². The number of ether oxygens (including phenoxy) is 1. The van der Waals surface area contributed by atoms with Gasteiger partial charge in [0.05, 0.1) is 12.9 Å². The Kier molecular flexibility index (Phi) is 5.33. The molecule has 14 heavy (non-hydrogen) atoms. The van der Waals surface area contributed by atoms with Crippen LogP contribution in [-0.4, -0.2) is 26.3 Å². The smallest absolute Gasteiger partial charge is 0.103 e. The molecule has 0 saturated heterocycles. The molecule has 0 bridgehead atoms. The quantitative estimate of drug-likeness (QED) is 0.677. The number of furan rings is 1. The zero-order valence-electron chi connectivity index (χ0n) is 8.95. The van der Waals surface area contributed by atoms with E-state index in [1.807, 2.05) is 12.1 Å². The first-order chi connectivity index (χ1) is 6.83. The molecule has 1 aromatic heterocycles. The van der Waals surface area contributed by atoms with Crippen LogP contribution in [0.1, 0.15) is 19.1 Å². The monoisotopic (exact) mass is 197 g/mol. The predicted molar refractivity (Wildman–Crippen MR) is 56.4 cm³/mol. The molecule has 3 nitrogen and oxygen atoms in total. The van der Waals surface area contributed by atoms with Gasteiger partial charge in [0.25, 0.3) is 0 Å². The summed E-state index contributed by atoms with van der Waals surface area (Å²) in [6.45, 7) is 3.86. The summed E-state index contributed by atoms with van der Waals surface area (Å²) in [6, 6.07) is 4.45. The third kappa shape index (κ3) is 4.44. The van der Waals surface area contributed by atoms with E-state index in [0.29, 0.717) is 6.04 Å². The molecule has 0 aromatic carbocycles. The highest BCUT2D eigenvalue weighted by Crippen LogP contribution is 2.05. The Balaban J connectivity index is 2.06. The lowest BCUT2D eigenvalue weighted by Gasteiger charge is -2.12. The molecule has 1 rings (SSSR count). The van der Waals surface area contributed by atoms with Gasteiger partial charge in [-0.05, 0) is 25.5 Å². The highest BCUT2D eigenvalue weighted by Gasteiger charge is 2.02. The number of hydrogen-bond acceptors (Lipinski definition) is 3. The van der Waals surface area contributed by atoms with Crippen molar-refractivity contribution in [2.75, 3.05) is 20.3 Å². The molecule has 1 unspecified atom stereocenters. The van der Waals surface area contributed by atoms with E-state index in [-0.39, 0.29) is 0 Å². The molecule has 0 aliphatic rings. The summed E-state index contributed by atoms with van der Waals surface area (Å²) in [4.78, 5) is 0. The van der Waals surface area contributed by atoms with Crippen molar-refractivity contribution in [3.8, 4) is 0 Å². The lowest BCUT2D eigenvalue weighted by atomic mass is 10.1. The van der Waals surface area contributed by atoms with Crippen LogP contribution in [0.3, 0.4) is 0 Å². The van der Waals surface area contributed by atoms with Crippen molar-refractivity contribution < 1.29 is 9.15 Å². The standard InChI is InChI=1S/C11H19NO2/c1-10(12-7-9-13-2)5-6-11-4-3-8-14-11/h3-4,8,10,12H,5-7,9H2,1-2H3. The maximum Gasteiger partial charge on any atom is 0.103 e. The molecular weight excluding hydrogens is 178 g/mol. The van der Waals surface area contributed by atoms with Crippen molar-refractivity contribution in [2.24, 2.45) is 0 Å². The second kappa shape index (κ2) is 6.62. The number of nitrogens with one attached hydrogen (secondary N) is 1. The van der Waals surface area contributed by atoms with E-state index in [4.69, 9.17) is 9.15 Å². The molecule has 80 valence electrons. The third-order valence-corrected chi connectivity index (χ3v) is 2.20. The van der Waals surface area contributed by atoms with E-state index >= 15 is 0 Å². The molecule has 0 aliphatic heterocycles. The maximum atomic E-state index is 5.26. The average molecular weight is 197 g/mol. The lowest BCUT2D eigenvalue weighted by Crippen LogP contribution is -2.29. The first kappa shape index (κ1) is 11.3. The Morgan fingerprint density at radius 3 is 3.07 bits per heavy atom. The summed E-state index contributed by atoms with van der Waals surface area (Å²) in [5.74, 6) is 1.06. The summed E-state index contributed by atoms with van der Waals surface area (Å²) < 4.78 is 10.2. The van der Waals surface area contributed by atoms with Gasteiger partial charge in [0.2, 0.25) is 0 Å². The molecule has 0 radical (unpaired) electrons. The highest BCUT2D eigenvalue weighted by molar-refractivity contribution is 4.98.